The van der Waals surface area contributed by atoms with Crippen molar-refractivity contribution < 1.29 is 19.0 Å². The minimum absolute atomic E-state index is 0.0156. The monoisotopic (exact) mass is 367 g/mol. The molecule has 0 radical (unpaired) electrons. The van der Waals surface area contributed by atoms with Gasteiger partial charge in [-0.05, 0) is 36.6 Å². The van der Waals surface area contributed by atoms with Crippen LogP contribution >= 0.6 is 0 Å². The summed E-state index contributed by atoms with van der Waals surface area (Å²) in [6.45, 7) is 3.05. The molecule has 2 saturated heterocycles. The van der Waals surface area contributed by atoms with Crippen molar-refractivity contribution in [2.45, 2.75) is 25.0 Å². The van der Waals surface area contributed by atoms with Gasteiger partial charge in [-0.25, -0.2) is 0 Å². The number of ether oxygens (including phenoxy) is 3. The van der Waals surface area contributed by atoms with Gasteiger partial charge in [0, 0.05) is 18.7 Å². The second-order valence-corrected chi connectivity index (χ2v) is 7.00. The number of morpholine rings is 1. The molecule has 0 bridgehead atoms. The van der Waals surface area contributed by atoms with Crippen molar-refractivity contribution in [3.8, 4) is 5.75 Å². The van der Waals surface area contributed by atoms with Crippen molar-refractivity contribution >= 4 is 5.91 Å². The maximum Gasteiger partial charge on any atom is 0.254 e. The third-order valence-corrected chi connectivity index (χ3v) is 5.07. The Labute approximate surface area is 159 Å². The third kappa shape index (κ3) is 4.49. The predicted octanol–water partition coefficient (Wildman–Crippen LogP) is 3.46. The van der Waals surface area contributed by atoms with Crippen LogP contribution in [0.5, 0.6) is 5.75 Å². The SMILES string of the molecule is O=C(c1cccc(OC[C@H]2CCCO2)c1)N1CCO[C@@H](c2ccccc2)C1. The quantitative estimate of drug-likeness (QED) is 0.812. The van der Waals surface area contributed by atoms with Crippen molar-refractivity contribution in [1.29, 1.82) is 0 Å². The molecule has 0 aromatic heterocycles. The number of carbonyl (C=O) groups excluding carboxylic acids is 1. The minimum atomic E-state index is -0.0807. The van der Waals surface area contributed by atoms with Crippen molar-refractivity contribution in [1.82, 2.24) is 4.90 Å². The molecule has 2 heterocycles. The number of hydrogen-bond donors (Lipinski definition) is 0. The Bertz CT molecular complexity index is 758. The van der Waals surface area contributed by atoms with Crippen LogP contribution in [0.2, 0.25) is 0 Å². The predicted molar refractivity (Wildman–Crippen MR) is 102 cm³/mol. The van der Waals surface area contributed by atoms with E-state index in [1.54, 1.807) is 0 Å². The third-order valence-electron chi connectivity index (χ3n) is 5.07. The summed E-state index contributed by atoms with van der Waals surface area (Å²) in [5.74, 6) is 0.728. The molecule has 142 valence electrons. The van der Waals surface area contributed by atoms with Crippen LogP contribution in [0.15, 0.2) is 54.6 Å². The van der Waals surface area contributed by atoms with E-state index in [1.807, 2.05) is 59.5 Å². The summed E-state index contributed by atoms with van der Waals surface area (Å²) in [4.78, 5) is 14.8. The Balaban J connectivity index is 1.40. The number of carbonyl (C=O) groups is 1. The lowest BCUT2D eigenvalue weighted by Gasteiger charge is -2.33. The lowest BCUT2D eigenvalue weighted by atomic mass is 10.1. The molecule has 2 aliphatic rings. The van der Waals surface area contributed by atoms with Crippen LogP contribution in [-0.2, 0) is 9.47 Å². The van der Waals surface area contributed by atoms with E-state index in [4.69, 9.17) is 14.2 Å². The van der Waals surface area contributed by atoms with Gasteiger partial charge in [-0.1, -0.05) is 36.4 Å². The largest absolute Gasteiger partial charge is 0.491 e. The molecule has 0 N–H and O–H groups in total. The summed E-state index contributed by atoms with van der Waals surface area (Å²) in [5, 5.41) is 0. The van der Waals surface area contributed by atoms with Gasteiger partial charge in [-0.3, -0.25) is 4.79 Å². The molecule has 0 saturated carbocycles. The second kappa shape index (κ2) is 8.55. The first-order valence-corrected chi connectivity index (χ1v) is 9.60. The second-order valence-electron chi connectivity index (χ2n) is 7.00. The fourth-order valence-electron chi connectivity index (χ4n) is 3.57. The first-order chi connectivity index (χ1) is 13.3. The number of hydrogen-bond acceptors (Lipinski definition) is 4. The van der Waals surface area contributed by atoms with Gasteiger partial charge in [0.05, 0.1) is 19.3 Å². The molecular weight excluding hydrogens is 342 g/mol. The average Bonchev–Trinajstić information content (AvgIpc) is 3.26. The minimum Gasteiger partial charge on any atom is -0.491 e. The molecule has 5 nitrogen and oxygen atoms in total. The van der Waals surface area contributed by atoms with Crippen LogP contribution in [0.1, 0.15) is 34.9 Å². The normalized spacial score (nSPS) is 22.6. The molecule has 0 aliphatic carbocycles. The summed E-state index contributed by atoms with van der Waals surface area (Å²) >= 11 is 0. The van der Waals surface area contributed by atoms with E-state index in [2.05, 4.69) is 0 Å². The Kier molecular flexibility index (Phi) is 5.70. The first-order valence-electron chi connectivity index (χ1n) is 9.60. The number of rotatable bonds is 5. The highest BCUT2D eigenvalue weighted by Crippen LogP contribution is 2.24. The van der Waals surface area contributed by atoms with E-state index in [9.17, 15) is 4.79 Å². The van der Waals surface area contributed by atoms with Gasteiger partial charge in [-0.15, -0.1) is 0 Å². The van der Waals surface area contributed by atoms with E-state index < -0.39 is 0 Å². The van der Waals surface area contributed by atoms with Crippen LogP contribution in [0.4, 0.5) is 0 Å². The molecule has 2 fully saturated rings. The van der Waals surface area contributed by atoms with Gasteiger partial charge in [-0.2, -0.15) is 0 Å². The zero-order valence-electron chi connectivity index (χ0n) is 15.4. The molecular formula is C22H25NO4. The van der Waals surface area contributed by atoms with E-state index in [0.29, 0.717) is 37.6 Å². The summed E-state index contributed by atoms with van der Waals surface area (Å²) in [6, 6.07) is 17.5. The molecule has 2 aromatic carbocycles. The van der Waals surface area contributed by atoms with Crippen LogP contribution in [0.25, 0.3) is 0 Å². The molecule has 5 heteroatoms. The van der Waals surface area contributed by atoms with Gasteiger partial charge in [0.15, 0.2) is 0 Å². The first kappa shape index (κ1) is 18.0. The van der Waals surface area contributed by atoms with Crippen molar-refractivity contribution in [2.75, 3.05) is 32.9 Å². The smallest absolute Gasteiger partial charge is 0.254 e. The summed E-state index contributed by atoms with van der Waals surface area (Å²) in [6.07, 6.45) is 2.21. The highest BCUT2D eigenvalue weighted by Gasteiger charge is 2.26. The van der Waals surface area contributed by atoms with Gasteiger partial charge >= 0.3 is 0 Å². The molecule has 2 aliphatic heterocycles. The fraction of sp³-hybridized carbons (Fsp3) is 0.409. The Morgan fingerprint density at radius 1 is 1.07 bits per heavy atom. The van der Waals surface area contributed by atoms with E-state index in [0.717, 1.165) is 25.0 Å². The lowest BCUT2D eigenvalue weighted by molar-refractivity contribution is -0.0228. The van der Waals surface area contributed by atoms with Gasteiger partial charge < -0.3 is 19.1 Å². The van der Waals surface area contributed by atoms with Gasteiger partial charge in [0.25, 0.3) is 5.91 Å². The van der Waals surface area contributed by atoms with E-state index >= 15 is 0 Å². The Morgan fingerprint density at radius 2 is 1.96 bits per heavy atom. The summed E-state index contributed by atoms with van der Waals surface area (Å²) < 4.78 is 17.3. The maximum atomic E-state index is 13.0. The molecule has 0 unspecified atom stereocenters. The molecule has 1 amide bonds. The average molecular weight is 367 g/mol. The number of amides is 1. The van der Waals surface area contributed by atoms with Gasteiger partial charge in [0.2, 0.25) is 0 Å². The zero-order chi connectivity index (χ0) is 18.5. The van der Waals surface area contributed by atoms with E-state index in [-0.39, 0.29) is 18.1 Å². The Hall–Kier alpha value is -2.37. The molecule has 0 spiro atoms. The fourth-order valence-corrected chi connectivity index (χ4v) is 3.57. The van der Waals surface area contributed by atoms with Crippen LogP contribution in [-0.4, -0.2) is 49.8 Å². The van der Waals surface area contributed by atoms with Crippen molar-refractivity contribution in [2.24, 2.45) is 0 Å². The van der Waals surface area contributed by atoms with E-state index in [1.165, 1.54) is 0 Å². The number of nitrogens with zero attached hydrogens (tertiary/aromatic N) is 1. The maximum absolute atomic E-state index is 13.0. The van der Waals surface area contributed by atoms with Crippen molar-refractivity contribution in [3.05, 3.63) is 65.7 Å². The summed E-state index contributed by atoms with van der Waals surface area (Å²) in [5.41, 5.74) is 1.75. The summed E-state index contributed by atoms with van der Waals surface area (Å²) in [7, 11) is 0. The molecule has 2 atom stereocenters. The Morgan fingerprint density at radius 3 is 2.78 bits per heavy atom. The van der Waals surface area contributed by atoms with Crippen molar-refractivity contribution in [3.63, 3.8) is 0 Å². The number of benzene rings is 2. The topological polar surface area (TPSA) is 48.0 Å². The highest BCUT2D eigenvalue weighted by molar-refractivity contribution is 5.94. The van der Waals surface area contributed by atoms with Crippen LogP contribution < -0.4 is 4.74 Å². The lowest BCUT2D eigenvalue weighted by Crippen LogP contribution is -2.42. The molecule has 4 rings (SSSR count). The molecule has 27 heavy (non-hydrogen) atoms. The van der Waals surface area contributed by atoms with Gasteiger partial charge in [0.1, 0.15) is 18.5 Å². The zero-order valence-corrected chi connectivity index (χ0v) is 15.4. The highest BCUT2D eigenvalue weighted by atomic mass is 16.5. The standard InChI is InChI=1S/C22H25NO4/c24-22(23-11-13-26-21(15-23)17-6-2-1-3-7-17)18-8-4-9-19(14-18)27-16-20-10-5-12-25-20/h1-4,6-9,14,20-21H,5,10-13,15-16H2/t20-,21-/m1/s1. The van der Waals surface area contributed by atoms with Crippen LogP contribution in [0.3, 0.4) is 0 Å². The molecule has 2 aromatic rings. The van der Waals surface area contributed by atoms with Crippen LogP contribution in [0, 0.1) is 0 Å².